The summed E-state index contributed by atoms with van der Waals surface area (Å²) < 4.78 is 14.0. The highest BCUT2D eigenvalue weighted by molar-refractivity contribution is 9.10. The molecule has 2 aromatic carbocycles. The molecule has 3 aromatic rings. The number of nitrogens with zero attached hydrogens (tertiary/aromatic N) is 2. The minimum Gasteiger partial charge on any atom is -0.507 e. The van der Waals surface area contributed by atoms with Crippen LogP contribution in [0, 0.1) is 5.82 Å². The molecule has 1 atom stereocenters. The molecule has 4 rings (SSSR count). The molecular formula is C20H12BrFN2O3S. The largest absolute Gasteiger partial charge is 0.507 e. The topological polar surface area (TPSA) is 70.5 Å². The first kappa shape index (κ1) is 18.5. The van der Waals surface area contributed by atoms with Gasteiger partial charge in [-0.3, -0.25) is 14.5 Å². The molecular weight excluding hydrogens is 447 g/mol. The van der Waals surface area contributed by atoms with Crippen LogP contribution < -0.4 is 4.90 Å². The molecule has 0 radical (unpaired) electrons. The third kappa shape index (κ3) is 3.14. The van der Waals surface area contributed by atoms with E-state index in [9.17, 15) is 19.1 Å². The molecule has 8 heteroatoms. The van der Waals surface area contributed by atoms with Crippen LogP contribution in [0.5, 0.6) is 0 Å². The van der Waals surface area contributed by atoms with E-state index in [2.05, 4.69) is 20.9 Å². The number of thiazole rings is 1. The van der Waals surface area contributed by atoms with Crippen LogP contribution in [0.15, 0.2) is 70.2 Å². The molecule has 1 aliphatic rings. The summed E-state index contributed by atoms with van der Waals surface area (Å²) in [5.74, 6) is -2.42. The van der Waals surface area contributed by atoms with Crippen molar-refractivity contribution in [2.45, 2.75) is 6.04 Å². The van der Waals surface area contributed by atoms with Crippen LogP contribution in [0.1, 0.15) is 17.2 Å². The molecule has 1 fully saturated rings. The van der Waals surface area contributed by atoms with Gasteiger partial charge in [-0.05, 0) is 42.0 Å². The van der Waals surface area contributed by atoms with E-state index in [0.717, 1.165) is 4.47 Å². The van der Waals surface area contributed by atoms with Crippen LogP contribution in [-0.2, 0) is 9.59 Å². The molecule has 0 spiro atoms. The van der Waals surface area contributed by atoms with Crippen molar-refractivity contribution in [3.63, 3.8) is 0 Å². The first-order valence-corrected chi connectivity index (χ1v) is 9.86. The average Bonchev–Trinajstić information content (AvgIpc) is 3.29. The van der Waals surface area contributed by atoms with E-state index < -0.39 is 23.5 Å². The molecule has 5 nitrogen and oxygen atoms in total. The maximum atomic E-state index is 13.3. The van der Waals surface area contributed by atoms with Crippen molar-refractivity contribution < 1.29 is 19.1 Å². The molecule has 1 N–H and O–H groups in total. The number of amides is 1. The Balaban J connectivity index is 1.95. The second-order valence-electron chi connectivity index (χ2n) is 6.05. The van der Waals surface area contributed by atoms with Crippen molar-refractivity contribution in [3.05, 3.63) is 87.1 Å². The number of hydrogen-bond acceptors (Lipinski definition) is 5. The molecule has 0 bridgehead atoms. The standard InChI is InChI=1S/C20H12BrFN2O3S/c21-13-3-1-2-12(10-13)16-15(17(25)11-4-6-14(22)7-5-11)18(26)19(27)24(16)20-23-8-9-28-20/h1-10,16,25H/b17-15+/t16-/m1/s1. The predicted molar refractivity (Wildman–Crippen MR) is 107 cm³/mol. The van der Waals surface area contributed by atoms with Crippen molar-refractivity contribution >= 4 is 49.8 Å². The molecule has 140 valence electrons. The number of hydrogen-bond donors (Lipinski definition) is 1. The number of carbonyl (C=O) groups excluding carboxylic acids is 2. The fourth-order valence-electron chi connectivity index (χ4n) is 3.12. The molecule has 1 saturated heterocycles. The highest BCUT2D eigenvalue weighted by Crippen LogP contribution is 2.43. The van der Waals surface area contributed by atoms with E-state index in [-0.39, 0.29) is 16.9 Å². The van der Waals surface area contributed by atoms with Crippen molar-refractivity contribution in [2.24, 2.45) is 0 Å². The lowest BCUT2D eigenvalue weighted by molar-refractivity contribution is -0.132. The normalized spacial score (nSPS) is 18.6. The highest BCUT2D eigenvalue weighted by Gasteiger charge is 2.47. The van der Waals surface area contributed by atoms with E-state index in [1.54, 1.807) is 23.6 Å². The molecule has 1 aromatic heterocycles. The van der Waals surface area contributed by atoms with Crippen LogP contribution in [-0.4, -0.2) is 21.8 Å². The molecule has 0 saturated carbocycles. The molecule has 1 aliphatic heterocycles. The summed E-state index contributed by atoms with van der Waals surface area (Å²) in [4.78, 5) is 31.1. The number of aromatic nitrogens is 1. The summed E-state index contributed by atoms with van der Waals surface area (Å²) in [5.41, 5.74) is 0.816. The van der Waals surface area contributed by atoms with Crippen LogP contribution in [0.2, 0.25) is 0 Å². The number of carbonyl (C=O) groups is 2. The monoisotopic (exact) mass is 458 g/mol. The van der Waals surface area contributed by atoms with Gasteiger partial charge < -0.3 is 5.11 Å². The van der Waals surface area contributed by atoms with E-state index in [4.69, 9.17) is 0 Å². The summed E-state index contributed by atoms with van der Waals surface area (Å²) in [5, 5.41) is 12.9. The van der Waals surface area contributed by atoms with Gasteiger partial charge in [0.25, 0.3) is 5.78 Å². The van der Waals surface area contributed by atoms with Crippen LogP contribution in [0.4, 0.5) is 9.52 Å². The average molecular weight is 459 g/mol. The number of aliphatic hydroxyl groups excluding tert-OH is 1. The van der Waals surface area contributed by atoms with Gasteiger partial charge in [0, 0.05) is 21.6 Å². The maximum Gasteiger partial charge on any atom is 0.301 e. The Labute approximate surface area is 171 Å². The Morgan fingerprint density at radius 3 is 2.57 bits per heavy atom. The minimum absolute atomic E-state index is 0.0649. The lowest BCUT2D eigenvalue weighted by atomic mass is 9.95. The second-order valence-corrected chi connectivity index (χ2v) is 7.83. The zero-order valence-electron chi connectivity index (χ0n) is 14.2. The van der Waals surface area contributed by atoms with Gasteiger partial charge in [-0.25, -0.2) is 9.37 Å². The van der Waals surface area contributed by atoms with Crippen molar-refractivity contribution in [1.29, 1.82) is 0 Å². The first-order chi connectivity index (χ1) is 13.5. The Morgan fingerprint density at radius 1 is 1.18 bits per heavy atom. The van der Waals surface area contributed by atoms with E-state index in [0.29, 0.717) is 10.7 Å². The van der Waals surface area contributed by atoms with Crippen LogP contribution >= 0.6 is 27.3 Å². The van der Waals surface area contributed by atoms with E-state index in [1.165, 1.54) is 46.7 Å². The Morgan fingerprint density at radius 2 is 1.93 bits per heavy atom. The molecule has 2 heterocycles. The van der Waals surface area contributed by atoms with Gasteiger partial charge in [0.05, 0.1) is 11.6 Å². The van der Waals surface area contributed by atoms with Gasteiger partial charge in [0.1, 0.15) is 11.6 Å². The quantitative estimate of drug-likeness (QED) is 0.351. The summed E-state index contributed by atoms with van der Waals surface area (Å²) in [7, 11) is 0. The molecule has 28 heavy (non-hydrogen) atoms. The SMILES string of the molecule is O=C1C(=O)N(c2nccs2)[C@H](c2cccc(Br)c2)/C1=C(\O)c1ccc(F)cc1. The van der Waals surface area contributed by atoms with Gasteiger partial charge in [0.15, 0.2) is 5.13 Å². The summed E-state index contributed by atoms with van der Waals surface area (Å²) in [6, 6.07) is 11.4. The summed E-state index contributed by atoms with van der Waals surface area (Å²) >= 11 is 4.61. The number of benzene rings is 2. The zero-order valence-corrected chi connectivity index (χ0v) is 16.6. The Bertz CT molecular complexity index is 1100. The minimum atomic E-state index is -0.853. The Kier molecular flexibility index (Phi) is 4.82. The molecule has 0 aliphatic carbocycles. The van der Waals surface area contributed by atoms with Crippen LogP contribution in [0.3, 0.4) is 0 Å². The number of ketones is 1. The van der Waals surface area contributed by atoms with E-state index >= 15 is 0 Å². The lowest BCUT2D eigenvalue weighted by Gasteiger charge is -2.23. The van der Waals surface area contributed by atoms with Crippen molar-refractivity contribution in [3.8, 4) is 0 Å². The van der Waals surface area contributed by atoms with Gasteiger partial charge in [-0.2, -0.15) is 0 Å². The fourth-order valence-corrected chi connectivity index (χ4v) is 4.20. The smallest absolute Gasteiger partial charge is 0.301 e. The zero-order chi connectivity index (χ0) is 19.8. The number of aliphatic hydroxyl groups is 1. The van der Waals surface area contributed by atoms with Gasteiger partial charge >= 0.3 is 5.91 Å². The number of Topliss-reactive ketones (excluding diaryl/α,β-unsaturated/α-hetero) is 1. The summed E-state index contributed by atoms with van der Waals surface area (Å²) in [6.45, 7) is 0. The first-order valence-electron chi connectivity index (χ1n) is 8.19. The Hall–Kier alpha value is -2.84. The fraction of sp³-hybridized carbons (Fsp3) is 0.0500. The molecule has 1 amide bonds. The molecule has 0 unspecified atom stereocenters. The van der Waals surface area contributed by atoms with Crippen LogP contribution in [0.25, 0.3) is 5.76 Å². The summed E-state index contributed by atoms with van der Waals surface area (Å²) in [6.07, 6.45) is 1.54. The third-order valence-electron chi connectivity index (χ3n) is 4.35. The highest BCUT2D eigenvalue weighted by atomic mass is 79.9. The third-order valence-corrected chi connectivity index (χ3v) is 5.62. The number of rotatable bonds is 3. The lowest BCUT2D eigenvalue weighted by Crippen LogP contribution is -2.29. The van der Waals surface area contributed by atoms with Crippen molar-refractivity contribution in [1.82, 2.24) is 4.98 Å². The number of anilines is 1. The van der Waals surface area contributed by atoms with Gasteiger partial charge in [-0.15, -0.1) is 11.3 Å². The van der Waals surface area contributed by atoms with Gasteiger partial charge in [-0.1, -0.05) is 28.1 Å². The van der Waals surface area contributed by atoms with Gasteiger partial charge in [0.2, 0.25) is 0 Å². The second kappa shape index (κ2) is 7.29. The maximum absolute atomic E-state index is 13.3. The van der Waals surface area contributed by atoms with Crippen molar-refractivity contribution in [2.75, 3.05) is 4.90 Å². The predicted octanol–water partition coefficient (Wildman–Crippen LogP) is 4.67. The van der Waals surface area contributed by atoms with E-state index in [1.807, 2.05) is 6.07 Å². The number of halogens is 2.